The molecule has 1 N–H and O–H groups in total. The van der Waals surface area contributed by atoms with E-state index < -0.39 is 22.5 Å². The first-order valence-electron chi connectivity index (χ1n) is 9.67. The Morgan fingerprint density at radius 3 is 2.33 bits per heavy atom. The SMILES string of the molecule is Cc1cc(/C=N\NC(=O)CN(c2ccc(Cl)cc2)S(C)(=O)=O)c(C)n1-c1ccc(Cl)c(Cl)c1. The van der Waals surface area contributed by atoms with Crippen molar-refractivity contribution in [1.82, 2.24) is 9.99 Å². The van der Waals surface area contributed by atoms with Crippen LogP contribution in [0.5, 0.6) is 0 Å². The van der Waals surface area contributed by atoms with Crippen molar-refractivity contribution < 1.29 is 13.2 Å². The van der Waals surface area contributed by atoms with Crippen LogP contribution in [0.25, 0.3) is 5.69 Å². The molecule has 0 aliphatic heterocycles. The largest absolute Gasteiger partial charge is 0.318 e. The molecule has 33 heavy (non-hydrogen) atoms. The number of aryl methyl sites for hydroxylation is 1. The Balaban J connectivity index is 1.75. The van der Waals surface area contributed by atoms with Gasteiger partial charge in [0.2, 0.25) is 10.0 Å². The van der Waals surface area contributed by atoms with E-state index in [4.69, 9.17) is 34.8 Å². The van der Waals surface area contributed by atoms with E-state index in [1.54, 1.807) is 24.3 Å². The topological polar surface area (TPSA) is 83.8 Å². The summed E-state index contributed by atoms with van der Waals surface area (Å²) in [5.74, 6) is -0.593. The molecule has 1 heterocycles. The summed E-state index contributed by atoms with van der Waals surface area (Å²) in [7, 11) is -3.70. The van der Waals surface area contributed by atoms with Gasteiger partial charge in [0, 0.05) is 27.7 Å². The number of aromatic nitrogens is 1. The van der Waals surface area contributed by atoms with Gasteiger partial charge >= 0.3 is 0 Å². The van der Waals surface area contributed by atoms with Crippen molar-refractivity contribution in [1.29, 1.82) is 0 Å². The lowest BCUT2D eigenvalue weighted by Gasteiger charge is -2.21. The second kappa shape index (κ2) is 10.2. The molecule has 0 bridgehead atoms. The van der Waals surface area contributed by atoms with Crippen LogP contribution in [-0.4, -0.2) is 37.9 Å². The zero-order chi connectivity index (χ0) is 24.3. The van der Waals surface area contributed by atoms with E-state index in [1.165, 1.54) is 18.3 Å². The van der Waals surface area contributed by atoms with E-state index in [1.807, 2.05) is 30.5 Å². The average molecular weight is 528 g/mol. The van der Waals surface area contributed by atoms with Gasteiger partial charge in [0.05, 0.1) is 28.2 Å². The van der Waals surface area contributed by atoms with Gasteiger partial charge in [-0.25, -0.2) is 13.8 Å². The van der Waals surface area contributed by atoms with Crippen LogP contribution in [0.2, 0.25) is 15.1 Å². The summed E-state index contributed by atoms with van der Waals surface area (Å²) in [4.78, 5) is 12.4. The van der Waals surface area contributed by atoms with E-state index >= 15 is 0 Å². The number of hydrogen-bond acceptors (Lipinski definition) is 4. The predicted octanol–water partition coefficient (Wildman–Crippen LogP) is 4.97. The summed E-state index contributed by atoms with van der Waals surface area (Å²) in [6, 6.07) is 13.4. The monoisotopic (exact) mass is 526 g/mol. The standard InChI is InChI=1S/C22H21Cl3N4O3S/c1-14-10-16(15(2)29(14)19-8-9-20(24)21(25)11-19)12-26-27-22(30)13-28(33(3,31)32)18-6-4-17(23)5-7-18/h4-12H,13H2,1-3H3,(H,27,30)/b26-12-. The van der Waals surface area contributed by atoms with Gasteiger partial charge in [0.15, 0.2) is 0 Å². The maximum Gasteiger partial charge on any atom is 0.260 e. The molecular formula is C22H21Cl3N4O3S. The van der Waals surface area contributed by atoms with Gasteiger partial charge in [-0.1, -0.05) is 34.8 Å². The van der Waals surface area contributed by atoms with Crippen molar-refractivity contribution in [3.63, 3.8) is 0 Å². The number of sulfonamides is 1. The van der Waals surface area contributed by atoms with Crippen LogP contribution < -0.4 is 9.73 Å². The van der Waals surface area contributed by atoms with Crippen molar-refractivity contribution in [3.8, 4) is 5.69 Å². The minimum absolute atomic E-state index is 0.325. The molecule has 0 aliphatic rings. The van der Waals surface area contributed by atoms with Gasteiger partial charge in [0.25, 0.3) is 5.91 Å². The number of amides is 1. The smallest absolute Gasteiger partial charge is 0.260 e. The Morgan fingerprint density at radius 1 is 1.06 bits per heavy atom. The second-order valence-corrected chi connectivity index (χ2v) is 10.5. The number of nitrogens with zero attached hydrogens (tertiary/aromatic N) is 3. The molecule has 0 spiro atoms. The molecule has 11 heteroatoms. The minimum Gasteiger partial charge on any atom is -0.318 e. The number of carbonyl (C=O) groups excluding carboxylic acids is 1. The van der Waals surface area contributed by atoms with Crippen LogP contribution >= 0.6 is 34.8 Å². The van der Waals surface area contributed by atoms with Crippen molar-refractivity contribution in [2.45, 2.75) is 13.8 Å². The Kier molecular flexibility index (Phi) is 7.74. The van der Waals surface area contributed by atoms with E-state index in [2.05, 4.69) is 10.5 Å². The molecule has 1 aromatic heterocycles. The zero-order valence-electron chi connectivity index (χ0n) is 18.0. The number of benzene rings is 2. The fraction of sp³-hybridized carbons (Fsp3) is 0.182. The summed E-state index contributed by atoms with van der Waals surface area (Å²) in [5, 5.41) is 5.37. The highest BCUT2D eigenvalue weighted by Gasteiger charge is 2.20. The molecule has 3 aromatic rings. The lowest BCUT2D eigenvalue weighted by atomic mass is 10.2. The average Bonchev–Trinajstić information content (AvgIpc) is 3.01. The van der Waals surface area contributed by atoms with Crippen molar-refractivity contribution in [3.05, 3.63) is 80.6 Å². The maximum atomic E-state index is 12.4. The Hall–Kier alpha value is -2.52. The molecule has 2 aromatic carbocycles. The molecule has 0 saturated heterocycles. The fourth-order valence-electron chi connectivity index (χ4n) is 3.29. The molecule has 0 atom stereocenters. The van der Waals surface area contributed by atoms with Gasteiger partial charge in [-0.05, 0) is 62.4 Å². The molecule has 0 unspecified atom stereocenters. The summed E-state index contributed by atoms with van der Waals surface area (Å²) in [5.41, 5.74) is 6.13. The number of rotatable bonds is 7. The van der Waals surface area contributed by atoms with Crippen LogP contribution in [-0.2, 0) is 14.8 Å². The summed E-state index contributed by atoms with van der Waals surface area (Å²) in [6.45, 7) is 3.41. The number of nitrogens with one attached hydrogen (secondary N) is 1. The van der Waals surface area contributed by atoms with E-state index in [9.17, 15) is 13.2 Å². The highest BCUT2D eigenvalue weighted by Crippen LogP contribution is 2.27. The van der Waals surface area contributed by atoms with Gasteiger partial charge in [-0.15, -0.1) is 0 Å². The molecule has 0 fully saturated rings. The number of carbonyl (C=O) groups is 1. The van der Waals surface area contributed by atoms with Crippen LogP contribution in [0.3, 0.4) is 0 Å². The third-order valence-electron chi connectivity index (χ3n) is 4.83. The number of hydrogen-bond donors (Lipinski definition) is 1. The first-order chi connectivity index (χ1) is 15.5. The van der Waals surface area contributed by atoms with Crippen LogP contribution in [0.4, 0.5) is 5.69 Å². The maximum absolute atomic E-state index is 12.4. The summed E-state index contributed by atoms with van der Waals surface area (Å²) >= 11 is 18.0. The van der Waals surface area contributed by atoms with Crippen molar-refractivity contribution in [2.24, 2.45) is 5.10 Å². The Labute approximate surface area is 207 Å². The van der Waals surface area contributed by atoms with Crippen molar-refractivity contribution >= 4 is 62.6 Å². The Morgan fingerprint density at radius 2 is 1.73 bits per heavy atom. The van der Waals surface area contributed by atoms with Crippen molar-refractivity contribution in [2.75, 3.05) is 17.1 Å². The van der Waals surface area contributed by atoms with Gasteiger partial charge in [-0.2, -0.15) is 5.10 Å². The summed E-state index contributed by atoms with van der Waals surface area (Å²) < 4.78 is 27.3. The predicted molar refractivity (Wildman–Crippen MR) is 135 cm³/mol. The third-order valence-corrected chi connectivity index (χ3v) is 6.96. The second-order valence-electron chi connectivity index (χ2n) is 7.30. The first-order valence-corrected chi connectivity index (χ1v) is 12.6. The molecule has 1 amide bonds. The number of halogens is 3. The van der Waals surface area contributed by atoms with Gasteiger partial charge in [0.1, 0.15) is 6.54 Å². The van der Waals surface area contributed by atoms with Gasteiger partial charge < -0.3 is 4.57 Å². The molecule has 0 radical (unpaired) electrons. The molecule has 0 aliphatic carbocycles. The lowest BCUT2D eigenvalue weighted by molar-refractivity contribution is -0.119. The first kappa shape index (κ1) is 25.1. The molecule has 0 saturated carbocycles. The third kappa shape index (κ3) is 6.09. The molecule has 174 valence electrons. The highest BCUT2D eigenvalue weighted by atomic mass is 35.5. The molecular weight excluding hydrogens is 507 g/mol. The van der Waals surface area contributed by atoms with Gasteiger partial charge in [-0.3, -0.25) is 9.10 Å². The van der Waals surface area contributed by atoms with Crippen LogP contribution in [0.1, 0.15) is 17.0 Å². The summed E-state index contributed by atoms with van der Waals surface area (Å²) in [6.07, 6.45) is 2.53. The quantitative estimate of drug-likeness (QED) is 0.348. The Bertz CT molecular complexity index is 1320. The van der Waals surface area contributed by atoms with E-state index in [0.717, 1.165) is 33.2 Å². The number of hydrazone groups is 1. The minimum atomic E-state index is -3.70. The van der Waals surface area contributed by atoms with E-state index in [-0.39, 0.29) is 0 Å². The zero-order valence-corrected chi connectivity index (χ0v) is 21.1. The lowest BCUT2D eigenvalue weighted by Crippen LogP contribution is -2.39. The fourth-order valence-corrected chi connectivity index (χ4v) is 4.56. The van der Waals surface area contributed by atoms with E-state index in [0.29, 0.717) is 20.8 Å². The van der Waals surface area contributed by atoms with Crippen LogP contribution in [0.15, 0.2) is 53.6 Å². The normalized spacial score (nSPS) is 11.7. The van der Waals surface area contributed by atoms with Crippen LogP contribution in [0, 0.1) is 13.8 Å². The highest BCUT2D eigenvalue weighted by molar-refractivity contribution is 7.92. The molecule has 3 rings (SSSR count). The molecule has 7 nitrogen and oxygen atoms in total. The number of anilines is 1.